The largest absolute Gasteiger partial charge is 0.481 e. The molecule has 2 N–H and O–H groups in total. The lowest BCUT2D eigenvalue weighted by atomic mass is 9.87. The summed E-state index contributed by atoms with van der Waals surface area (Å²) >= 11 is 0. The van der Waals surface area contributed by atoms with Gasteiger partial charge in [0.1, 0.15) is 5.60 Å². The number of nitrogens with zero attached hydrogens (tertiary/aromatic N) is 2. The number of carbonyl (C=O) groups is 3. The predicted molar refractivity (Wildman–Crippen MR) is 106 cm³/mol. The van der Waals surface area contributed by atoms with Crippen LogP contribution in [0.1, 0.15) is 50.0 Å². The van der Waals surface area contributed by atoms with Crippen molar-refractivity contribution in [3.05, 3.63) is 29.6 Å². The number of ether oxygens (including phenoxy) is 1. The van der Waals surface area contributed by atoms with E-state index in [4.69, 9.17) is 14.9 Å². The first kappa shape index (κ1) is 25.6. The molecule has 0 radical (unpaired) electrons. The summed E-state index contributed by atoms with van der Waals surface area (Å²) in [5, 5.41) is 17.6. The maximum Gasteiger partial charge on any atom is 0.410 e. The predicted octanol–water partition coefficient (Wildman–Crippen LogP) is 3.47. The second kappa shape index (κ2) is 10.8. The Hall–Kier alpha value is -2.35. The Morgan fingerprint density at radius 2 is 1.86 bits per heavy atom. The molecule has 28 heavy (non-hydrogen) atoms. The SMILES string of the molecule is CC1CCN(C(=O)OC(C)(C)C)CC1C(=O)O.Cc1ccncc1C(=O)O.Cl. The van der Waals surface area contributed by atoms with Crippen LogP contribution in [-0.2, 0) is 9.53 Å². The molecule has 2 atom stereocenters. The molecule has 2 rings (SSSR count). The van der Waals surface area contributed by atoms with Crippen LogP contribution in [0.25, 0.3) is 0 Å². The summed E-state index contributed by atoms with van der Waals surface area (Å²) in [6, 6.07) is 1.67. The molecular weight excluding hydrogens is 388 g/mol. The van der Waals surface area contributed by atoms with Gasteiger partial charge in [0.15, 0.2) is 0 Å². The quantitative estimate of drug-likeness (QED) is 0.757. The highest BCUT2D eigenvalue weighted by molar-refractivity contribution is 5.88. The number of aromatic nitrogens is 1. The number of carboxylic acid groups (broad SMARTS) is 2. The minimum atomic E-state index is -0.925. The summed E-state index contributed by atoms with van der Waals surface area (Å²) in [7, 11) is 0. The topological polar surface area (TPSA) is 117 Å². The highest BCUT2D eigenvalue weighted by atomic mass is 35.5. The van der Waals surface area contributed by atoms with Gasteiger partial charge >= 0.3 is 18.0 Å². The van der Waals surface area contributed by atoms with E-state index in [2.05, 4.69) is 4.98 Å². The third-order valence-electron chi connectivity index (χ3n) is 4.20. The first-order valence-electron chi connectivity index (χ1n) is 8.77. The van der Waals surface area contributed by atoms with Crippen LogP contribution in [0, 0.1) is 18.8 Å². The van der Waals surface area contributed by atoms with Gasteiger partial charge in [-0.2, -0.15) is 0 Å². The fourth-order valence-electron chi connectivity index (χ4n) is 2.57. The van der Waals surface area contributed by atoms with Gasteiger partial charge in [0, 0.05) is 25.5 Å². The molecule has 1 aromatic rings. The van der Waals surface area contributed by atoms with Gasteiger partial charge in [-0.3, -0.25) is 9.78 Å². The molecule has 0 spiro atoms. The van der Waals surface area contributed by atoms with Crippen molar-refractivity contribution < 1.29 is 29.3 Å². The van der Waals surface area contributed by atoms with Gasteiger partial charge in [-0.25, -0.2) is 9.59 Å². The number of piperidine rings is 1. The van der Waals surface area contributed by atoms with Crippen molar-refractivity contribution in [2.45, 2.75) is 46.6 Å². The molecule has 158 valence electrons. The molecule has 0 aliphatic carbocycles. The number of halogens is 1. The number of carbonyl (C=O) groups excluding carboxylic acids is 1. The lowest BCUT2D eigenvalue weighted by Gasteiger charge is -2.35. The van der Waals surface area contributed by atoms with E-state index in [1.165, 1.54) is 11.1 Å². The Morgan fingerprint density at radius 3 is 2.29 bits per heavy atom. The fraction of sp³-hybridized carbons (Fsp3) is 0.579. The number of aromatic carboxylic acids is 1. The molecule has 1 aliphatic heterocycles. The Balaban J connectivity index is 0.000000567. The number of pyridine rings is 1. The van der Waals surface area contributed by atoms with Crippen LogP contribution in [0.3, 0.4) is 0 Å². The zero-order valence-corrected chi connectivity index (χ0v) is 17.7. The molecule has 1 fully saturated rings. The van der Waals surface area contributed by atoms with Gasteiger partial charge < -0.3 is 19.8 Å². The molecule has 0 aromatic carbocycles. The highest BCUT2D eigenvalue weighted by Crippen LogP contribution is 2.24. The van der Waals surface area contributed by atoms with Gasteiger partial charge in [-0.1, -0.05) is 6.92 Å². The van der Waals surface area contributed by atoms with Gasteiger partial charge in [0.2, 0.25) is 0 Å². The van der Waals surface area contributed by atoms with Crippen molar-refractivity contribution in [3.8, 4) is 0 Å². The number of likely N-dealkylation sites (tertiary alicyclic amines) is 1. The van der Waals surface area contributed by atoms with Gasteiger partial charge in [-0.15, -0.1) is 12.4 Å². The van der Waals surface area contributed by atoms with E-state index in [1.807, 2.05) is 6.92 Å². The number of amides is 1. The molecule has 1 aliphatic rings. The summed E-state index contributed by atoms with van der Waals surface area (Å²) in [5.41, 5.74) is 0.462. The van der Waals surface area contributed by atoms with Crippen LogP contribution in [0.4, 0.5) is 4.79 Å². The maximum absolute atomic E-state index is 11.8. The summed E-state index contributed by atoms with van der Waals surface area (Å²) in [6.07, 6.45) is 3.20. The number of hydrogen-bond donors (Lipinski definition) is 2. The zero-order valence-electron chi connectivity index (χ0n) is 16.8. The Kier molecular flexibility index (Phi) is 9.94. The lowest BCUT2D eigenvalue weighted by Crippen LogP contribution is -2.47. The van der Waals surface area contributed by atoms with Crippen molar-refractivity contribution in [3.63, 3.8) is 0 Å². The number of rotatable bonds is 2. The monoisotopic (exact) mass is 416 g/mol. The number of aliphatic carboxylic acids is 1. The smallest absolute Gasteiger partial charge is 0.410 e. The second-order valence-corrected chi connectivity index (χ2v) is 7.63. The van der Waals surface area contributed by atoms with Crippen molar-refractivity contribution in [1.82, 2.24) is 9.88 Å². The molecular formula is C19H29ClN2O6. The standard InChI is InChI=1S/C12H21NO4.C7H7NO2.ClH/c1-8-5-6-13(7-9(8)10(14)15)11(16)17-12(2,3)4;1-5-2-3-8-4-6(5)7(9)10;/h8-9H,5-7H2,1-4H3,(H,14,15);2-4H,1H3,(H,9,10);1H. The van der Waals surface area contributed by atoms with E-state index in [0.29, 0.717) is 13.0 Å². The minimum Gasteiger partial charge on any atom is -0.481 e. The molecule has 2 heterocycles. The summed E-state index contributed by atoms with van der Waals surface area (Å²) in [5.74, 6) is -2.15. The van der Waals surface area contributed by atoms with E-state index >= 15 is 0 Å². The lowest BCUT2D eigenvalue weighted by molar-refractivity contribution is -0.145. The third kappa shape index (κ3) is 8.12. The van der Waals surface area contributed by atoms with Crippen LogP contribution < -0.4 is 0 Å². The van der Waals surface area contributed by atoms with Crippen LogP contribution in [0.15, 0.2) is 18.5 Å². The number of hydrogen-bond acceptors (Lipinski definition) is 5. The van der Waals surface area contributed by atoms with Crippen molar-refractivity contribution >= 4 is 30.4 Å². The summed E-state index contributed by atoms with van der Waals surface area (Å²) in [6.45, 7) is 9.85. The minimum absolute atomic E-state index is 0. The average Bonchev–Trinajstić information content (AvgIpc) is 2.54. The van der Waals surface area contributed by atoms with Crippen molar-refractivity contribution in [1.29, 1.82) is 0 Å². The van der Waals surface area contributed by atoms with Gasteiger partial charge in [0.25, 0.3) is 0 Å². The first-order chi connectivity index (χ1) is 12.4. The molecule has 1 saturated heterocycles. The molecule has 1 amide bonds. The Labute approximate surface area is 171 Å². The molecule has 9 heteroatoms. The number of aryl methyl sites for hydroxylation is 1. The summed E-state index contributed by atoms with van der Waals surface area (Å²) < 4.78 is 5.23. The first-order valence-corrected chi connectivity index (χ1v) is 8.77. The van der Waals surface area contributed by atoms with Crippen LogP contribution in [0.2, 0.25) is 0 Å². The zero-order chi connectivity index (χ0) is 20.8. The van der Waals surface area contributed by atoms with E-state index in [1.54, 1.807) is 40.0 Å². The molecule has 0 bridgehead atoms. The van der Waals surface area contributed by atoms with E-state index < -0.39 is 29.6 Å². The molecule has 0 saturated carbocycles. The Morgan fingerprint density at radius 1 is 1.25 bits per heavy atom. The second-order valence-electron chi connectivity index (χ2n) is 7.63. The molecule has 8 nitrogen and oxygen atoms in total. The van der Waals surface area contributed by atoms with Crippen LogP contribution >= 0.6 is 12.4 Å². The third-order valence-corrected chi connectivity index (χ3v) is 4.20. The molecule has 1 aromatic heterocycles. The maximum atomic E-state index is 11.8. The van der Waals surface area contributed by atoms with Crippen LogP contribution in [-0.4, -0.2) is 56.8 Å². The average molecular weight is 417 g/mol. The van der Waals surface area contributed by atoms with Crippen molar-refractivity contribution in [2.24, 2.45) is 11.8 Å². The van der Waals surface area contributed by atoms with Gasteiger partial charge in [0.05, 0.1) is 11.5 Å². The number of carboxylic acids is 2. The van der Waals surface area contributed by atoms with E-state index in [-0.39, 0.29) is 30.4 Å². The summed E-state index contributed by atoms with van der Waals surface area (Å²) in [4.78, 5) is 38.4. The fourth-order valence-corrected chi connectivity index (χ4v) is 2.57. The Bertz CT molecular complexity index is 689. The normalized spacial score (nSPS) is 18.8. The van der Waals surface area contributed by atoms with Crippen LogP contribution in [0.5, 0.6) is 0 Å². The van der Waals surface area contributed by atoms with E-state index in [0.717, 1.165) is 5.56 Å². The molecule has 2 unspecified atom stereocenters. The van der Waals surface area contributed by atoms with Gasteiger partial charge in [-0.05, 0) is 51.7 Å². The van der Waals surface area contributed by atoms with E-state index in [9.17, 15) is 14.4 Å². The van der Waals surface area contributed by atoms with Crippen molar-refractivity contribution in [2.75, 3.05) is 13.1 Å². The highest BCUT2D eigenvalue weighted by Gasteiger charge is 2.35.